The maximum absolute atomic E-state index is 12.2. The van der Waals surface area contributed by atoms with Crippen molar-refractivity contribution in [1.29, 1.82) is 0 Å². The molecular weight excluding hydrogens is 320 g/mol. The maximum Gasteiger partial charge on any atom is 0.421 e. The monoisotopic (exact) mass is 342 g/mol. The van der Waals surface area contributed by atoms with Crippen molar-refractivity contribution in [2.75, 3.05) is 26.2 Å². The van der Waals surface area contributed by atoms with Crippen LogP contribution in [0.4, 0.5) is 0 Å². The molecule has 132 valence electrons. The van der Waals surface area contributed by atoms with Gasteiger partial charge in [-0.05, 0) is 31.5 Å². The summed E-state index contributed by atoms with van der Waals surface area (Å²) < 4.78 is 12.2. The van der Waals surface area contributed by atoms with E-state index in [1.165, 1.54) is 0 Å². The quantitative estimate of drug-likeness (QED) is 0.722. The third-order valence-electron chi connectivity index (χ3n) is 4.69. The van der Waals surface area contributed by atoms with Crippen LogP contribution < -0.4 is 5.76 Å². The summed E-state index contributed by atoms with van der Waals surface area (Å²) in [5, 5.41) is 4.06. The number of oxazole rings is 1. The summed E-state index contributed by atoms with van der Waals surface area (Å²) in [6.45, 7) is 8.98. The van der Waals surface area contributed by atoms with Crippen molar-refractivity contribution in [3.63, 3.8) is 0 Å². The Morgan fingerprint density at radius 3 is 2.56 bits per heavy atom. The first kappa shape index (κ1) is 16.1. The molecule has 1 aliphatic heterocycles. The van der Waals surface area contributed by atoms with E-state index in [4.69, 9.17) is 8.94 Å². The summed E-state index contributed by atoms with van der Waals surface area (Å²) >= 11 is 0. The van der Waals surface area contributed by atoms with Crippen LogP contribution in [0.1, 0.15) is 17.0 Å². The Kier molecular flexibility index (Phi) is 4.19. The lowest BCUT2D eigenvalue weighted by molar-refractivity contribution is 0.100. The molecule has 0 bridgehead atoms. The van der Waals surface area contributed by atoms with E-state index >= 15 is 0 Å². The molecule has 25 heavy (non-hydrogen) atoms. The van der Waals surface area contributed by atoms with Crippen molar-refractivity contribution >= 4 is 11.1 Å². The minimum Gasteiger partial charge on any atom is -0.408 e. The minimum atomic E-state index is -0.291. The zero-order chi connectivity index (χ0) is 17.4. The van der Waals surface area contributed by atoms with Crippen LogP contribution >= 0.6 is 0 Å². The van der Waals surface area contributed by atoms with E-state index in [9.17, 15) is 4.79 Å². The molecule has 7 heteroatoms. The average Bonchev–Trinajstić information content (AvgIpc) is 3.13. The molecule has 3 aromatic rings. The maximum atomic E-state index is 12.2. The molecule has 0 saturated carbocycles. The molecule has 0 atom stereocenters. The molecule has 0 spiro atoms. The predicted octanol–water partition coefficient (Wildman–Crippen LogP) is 1.97. The smallest absolute Gasteiger partial charge is 0.408 e. The van der Waals surface area contributed by atoms with Gasteiger partial charge in [-0.3, -0.25) is 14.4 Å². The molecule has 3 heterocycles. The molecule has 7 nitrogen and oxygen atoms in total. The first-order chi connectivity index (χ1) is 12.1. The number of aryl methyl sites for hydroxylation is 2. The van der Waals surface area contributed by atoms with Crippen LogP contribution in [0.15, 0.2) is 38.0 Å². The summed E-state index contributed by atoms with van der Waals surface area (Å²) in [7, 11) is 0. The van der Waals surface area contributed by atoms with Gasteiger partial charge in [0.25, 0.3) is 0 Å². The fraction of sp³-hybridized carbons (Fsp3) is 0.444. The third-order valence-corrected chi connectivity index (χ3v) is 4.69. The summed E-state index contributed by atoms with van der Waals surface area (Å²) in [5.74, 6) is 0.552. The molecular formula is C18H22N4O3. The number of fused-ring (bicyclic) bond motifs is 1. The third kappa shape index (κ3) is 3.38. The fourth-order valence-electron chi connectivity index (χ4n) is 3.32. The van der Waals surface area contributed by atoms with Gasteiger partial charge in [0.15, 0.2) is 5.58 Å². The largest absolute Gasteiger partial charge is 0.421 e. The van der Waals surface area contributed by atoms with Crippen LogP contribution in [0.5, 0.6) is 0 Å². The second-order valence-electron chi connectivity index (χ2n) is 6.73. The van der Waals surface area contributed by atoms with Crippen LogP contribution in [-0.4, -0.2) is 45.7 Å². The average molecular weight is 342 g/mol. The first-order valence-corrected chi connectivity index (χ1v) is 8.55. The second kappa shape index (κ2) is 6.50. The highest BCUT2D eigenvalue weighted by atomic mass is 16.5. The lowest BCUT2D eigenvalue weighted by Gasteiger charge is -2.34. The summed E-state index contributed by atoms with van der Waals surface area (Å²) in [4.78, 5) is 16.8. The van der Waals surface area contributed by atoms with Gasteiger partial charge >= 0.3 is 5.76 Å². The summed E-state index contributed by atoms with van der Waals surface area (Å²) in [6, 6.07) is 7.80. The Labute approximate surface area is 145 Å². The van der Waals surface area contributed by atoms with E-state index in [2.05, 4.69) is 15.0 Å². The SMILES string of the molecule is Cc1ccc2oc(=O)n(CN3CCN(Cc4cc(C)on4)CC3)c2c1. The molecule has 0 unspecified atom stereocenters. The van der Waals surface area contributed by atoms with Crippen molar-refractivity contribution in [3.05, 3.63) is 51.8 Å². The lowest BCUT2D eigenvalue weighted by Crippen LogP contribution is -2.47. The molecule has 1 aromatic carbocycles. The number of nitrogens with zero attached hydrogens (tertiary/aromatic N) is 4. The van der Waals surface area contributed by atoms with E-state index in [0.717, 1.165) is 55.3 Å². The Bertz CT molecular complexity index is 931. The van der Waals surface area contributed by atoms with Gasteiger partial charge in [0, 0.05) is 38.8 Å². The van der Waals surface area contributed by atoms with Crippen molar-refractivity contribution in [3.8, 4) is 0 Å². The second-order valence-corrected chi connectivity index (χ2v) is 6.73. The van der Waals surface area contributed by atoms with Gasteiger partial charge in [0.2, 0.25) is 0 Å². The normalized spacial score (nSPS) is 16.7. The molecule has 1 fully saturated rings. The van der Waals surface area contributed by atoms with Gasteiger partial charge in [-0.15, -0.1) is 0 Å². The van der Waals surface area contributed by atoms with Crippen molar-refractivity contribution in [2.45, 2.75) is 27.1 Å². The predicted molar refractivity (Wildman–Crippen MR) is 93.3 cm³/mol. The Balaban J connectivity index is 1.41. The Morgan fingerprint density at radius 1 is 1.08 bits per heavy atom. The number of piperazine rings is 1. The molecule has 0 N–H and O–H groups in total. The molecule has 1 saturated heterocycles. The fourth-order valence-corrected chi connectivity index (χ4v) is 3.32. The summed E-state index contributed by atoms with van der Waals surface area (Å²) in [6.07, 6.45) is 0. The molecule has 0 aliphatic carbocycles. The van der Waals surface area contributed by atoms with Crippen LogP contribution in [-0.2, 0) is 13.2 Å². The Hall–Kier alpha value is -2.38. The van der Waals surface area contributed by atoms with Crippen LogP contribution in [0.3, 0.4) is 0 Å². The zero-order valence-corrected chi connectivity index (χ0v) is 14.6. The molecule has 0 radical (unpaired) electrons. The van der Waals surface area contributed by atoms with E-state index < -0.39 is 0 Å². The van der Waals surface area contributed by atoms with Crippen molar-refractivity contribution in [2.24, 2.45) is 0 Å². The molecule has 0 amide bonds. The standard InChI is InChI=1S/C18H22N4O3/c1-13-3-4-17-16(9-13)22(18(23)24-17)12-21-7-5-20(6-8-21)11-15-10-14(2)25-19-15/h3-4,9-10H,5-8,11-12H2,1-2H3. The molecule has 4 rings (SSSR count). The zero-order valence-electron chi connectivity index (χ0n) is 14.6. The van der Waals surface area contributed by atoms with Crippen molar-refractivity contribution in [1.82, 2.24) is 19.5 Å². The van der Waals surface area contributed by atoms with Crippen LogP contribution in [0, 0.1) is 13.8 Å². The van der Waals surface area contributed by atoms with Crippen molar-refractivity contribution < 1.29 is 8.94 Å². The van der Waals surface area contributed by atoms with Gasteiger partial charge in [-0.1, -0.05) is 11.2 Å². The highest BCUT2D eigenvalue weighted by molar-refractivity contribution is 5.73. The van der Waals surface area contributed by atoms with Gasteiger partial charge in [0.05, 0.1) is 17.9 Å². The molecule has 2 aromatic heterocycles. The number of rotatable bonds is 4. The van der Waals surface area contributed by atoms with Gasteiger partial charge in [-0.25, -0.2) is 4.79 Å². The van der Waals surface area contributed by atoms with Gasteiger partial charge in [-0.2, -0.15) is 0 Å². The number of hydrogen-bond acceptors (Lipinski definition) is 6. The van der Waals surface area contributed by atoms with E-state index in [1.54, 1.807) is 4.57 Å². The number of hydrogen-bond donors (Lipinski definition) is 0. The van der Waals surface area contributed by atoms with E-state index in [1.807, 2.05) is 38.1 Å². The highest BCUT2D eigenvalue weighted by Crippen LogP contribution is 2.16. The summed E-state index contributed by atoms with van der Waals surface area (Å²) in [5.41, 5.74) is 3.61. The van der Waals surface area contributed by atoms with Crippen LogP contribution in [0.2, 0.25) is 0 Å². The van der Waals surface area contributed by atoms with Gasteiger partial charge in [0.1, 0.15) is 5.76 Å². The van der Waals surface area contributed by atoms with E-state index in [0.29, 0.717) is 12.3 Å². The van der Waals surface area contributed by atoms with E-state index in [-0.39, 0.29) is 5.76 Å². The first-order valence-electron chi connectivity index (χ1n) is 8.55. The number of benzene rings is 1. The molecule has 1 aliphatic rings. The highest BCUT2D eigenvalue weighted by Gasteiger charge is 2.20. The Morgan fingerprint density at radius 2 is 1.84 bits per heavy atom. The topological polar surface area (TPSA) is 67.7 Å². The lowest BCUT2D eigenvalue weighted by atomic mass is 10.2. The van der Waals surface area contributed by atoms with Gasteiger partial charge < -0.3 is 8.94 Å². The van der Waals surface area contributed by atoms with Crippen LogP contribution in [0.25, 0.3) is 11.1 Å². The minimum absolute atomic E-state index is 0.291. The number of aromatic nitrogens is 2.